The molecule has 0 aliphatic rings. The van der Waals surface area contributed by atoms with Gasteiger partial charge >= 0.3 is 0 Å². The third-order valence-electron chi connectivity index (χ3n) is 2.92. The number of alkyl halides is 1. The molecule has 0 radical (unpaired) electrons. The fourth-order valence-electron chi connectivity index (χ4n) is 1.82. The van der Waals surface area contributed by atoms with E-state index < -0.39 is 0 Å². The largest absolute Gasteiger partial charge is 0.378 e. The summed E-state index contributed by atoms with van der Waals surface area (Å²) in [6, 6.07) is 2.08. The Morgan fingerprint density at radius 1 is 1.35 bits per heavy atom. The second kappa shape index (κ2) is 6.41. The molecule has 0 amide bonds. The second-order valence-electron chi connectivity index (χ2n) is 5.61. The van der Waals surface area contributed by atoms with E-state index in [1.165, 1.54) is 0 Å². The van der Waals surface area contributed by atoms with E-state index >= 15 is 0 Å². The van der Waals surface area contributed by atoms with Gasteiger partial charge in [0.15, 0.2) is 5.82 Å². The van der Waals surface area contributed by atoms with Crippen molar-refractivity contribution in [2.75, 3.05) is 31.0 Å². The van der Waals surface area contributed by atoms with Gasteiger partial charge in [-0.05, 0) is 6.07 Å². The average molecular weight is 297 g/mol. The molecule has 0 spiro atoms. The minimum absolute atomic E-state index is 0.0206. The zero-order valence-corrected chi connectivity index (χ0v) is 12.9. The summed E-state index contributed by atoms with van der Waals surface area (Å²) in [5.41, 5.74) is 2.05. The summed E-state index contributed by atoms with van der Waals surface area (Å²) in [5, 5.41) is 7.86. The minimum atomic E-state index is 0.0206. The van der Waals surface area contributed by atoms with Crippen molar-refractivity contribution in [3.05, 3.63) is 24.2 Å². The van der Waals surface area contributed by atoms with E-state index in [2.05, 4.69) is 42.2 Å². The zero-order chi connectivity index (χ0) is 14.6. The first kappa shape index (κ1) is 15.1. The third-order valence-corrected chi connectivity index (χ3v) is 3.07. The first-order valence-electron chi connectivity index (χ1n) is 6.75. The molecule has 0 saturated heterocycles. The lowest BCUT2D eigenvalue weighted by atomic mass is 9.92. The fourth-order valence-corrected chi connectivity index (χ4v) is 1.93. The topological polar surface area (TPSA) is 51.5 Å². The van der Waals surface area contributed by atoms with Gasteiger partial charge in [-0.15, -0.1) is 11.6 Å². The van der Waals surface area contributed by atoms with E-state index in [-0.39, 0.29) is 5.41 Å². The molecule has 6 heteroatoms. The van der Waals surface area contributed by atoms with E-state index in [1.807, 2.05) is 10.7 Å². The van der Waals surface area contributed by atoms with Crippen LogP contribution in [-0.2, 0) is 10.2 Å². The van der Waals surface area contributed by atoms with Crippen LogP contribution in [0.2, 0.25) is 0 Å². The molecule has 2 heterocycles. The summed E-state index contributed by atoms with van der Waals surface area (Å²) in [5.74, 6) is 1.34. The third kappa shape index (κ3) is 3.61. The Bertz CT molecular complexity index is 562. The number of nitrogens with one attached hydrogen (secondary N) is 1. The van der Waals surface area contributed by atoms with Crippen LogP contribution in [-0.4, -0.2) is 40.2 Å². The van der Waals surface area contributed by atoms with E-state index in [4.69, 9.17) is 16.3 Å². The van der Waals surface area contributed by atoms with Crippen LogP contribution in [0.3, 0.4) is 0 Å². The molecule has 110 valence electrons. The first-order chi connectivity index (χ1) is 9.52. The molecular weight excluding hydrogens is 276 g/mol. The number of anilines is 1. The van der Waals surface area contributed by atoms with E-state index in [0.717, 1.165) is 17.0 Å². The van der Waals surface area contributed by atoms with Crippen LogP contribution in [0, 0.1) is 0 Å². The lowest BCUT2D eigenvalue weighted by Crippen LogP contribution is -2.12. The normalized spacial score (nSPS) is 12.0. The van der Waals surface area contributed by atoms with Crippen molar-refractivity contribution in [1.29, 1.82) is 0 Å². The van der Waals surface area contributed by atoms with Crippen molar-refractivity contribution in [3.63, 3.8) is 0 Å². The molecule has 0 bridgehead atoms. The molecule has 0 aliphatic heterocycles. The predicted molar refractivity (Wildman–Crippen MR) is 81.7 cm³/mol. The first-order valence-corrected chi connectivity index (χ1v) is 7.28. The number of hydrogen-bond donors (Lipinski definition) is 1. The Morgan fingerprint density at radius 3 is 2.85 bits per heavy atom. The van der Waals surface area contributed by atoms with Crippen LogP contribution >= 0.6 is 11.6 Å². The summed E-state index contributed by atoms with van der Waals surface area (Å²) in [6.45, 7) is 8.32. The van der Waals surface area contributed by atoms with Gasteiger partial charge in [0.2, 0.25) is 0 Å². The van der Waals surface area contributed by atoms with Gasteiger partial charge in [0.1, 0.15) is 5.52 Å². The Kier molecular flexibility index (Phi) is 4.83. The molecule has 2 aromatic rings. The summed E-state index contributed by atoms with van der Waals surface area (Å²) >= 11 is 5.55. The van der Waals surface area contributed by atoms with Crippen LogP contribution in [0.4, 0.5) is 5.82 Å². The van der Waals surface area contributed by atoms with Crippen LogP contribution in [0.1, 0.15) is 26.5 Å². The highest BCUT2D eigenvalue weighted by Crippen LogP contribution is 2.24. The van der Waals surface area contributed by atoms with Crippen molar-refractivity contribution in [2.45, 2.75) is 26.2 Å². The molecule has 0 atom stereocenters. The van der Waals surface area contributed by atoms with Crippen LogP contribution in [0.25, 0.3) is 5.52 Å². The smallest absolute Gasteiger partial charge is 0.152 e. The number of hydrogen-bond acceptors (Lipinski definition) is 4. The SMILES string of the molecule is CC(C)(C)c1cc2c(NCCOCCCl)nccn2n1. The van der Waals surface area contributed by atoms with Crippen molar-refractivity contribution in [3.8, 4) is 0 Å². The van der Waals surface area contributed by atoms with Gasteiger partial charge in [-0.3, -0.25) is 0 Å². The summed E-state index contributed by atoms with van der Waals surface area (Å²) in [4.78, 5) is 4.37. The van der Waals surface area contributed by atoms with Crippen molar-refractivity contribution >= 4 is 22.9 Å². The molecule has 0 fully saturated rings. The monoisotopic (exact) mass is 296 g/mol. The quantitative estimate of drug-likeness (QED) is 0.658. The number of ether oxygens (including phenoxy) is 1. The molecule has 0 unspecified atom stereocenters. The van der Waals surface area contributed by atoms with Crippen molar-refractivity contribution in [2.24, 2.45) is 0 Å². The summed E-state index contributed by atoms with van der Waals surface area (Å²) in [7, 11) is 0. The molecule has 0 aliphatic carbocycles. The van der Waals surface area contributed by atoms with Crippen LogP contribution in [0.15, 0.2) is 18.5 Å². The molecule has 0 saturated carbocycles. The van der Waals surface area contributed by atoms with E-state index in [0.29, 0.717) is 25.6 Å². The van der Waals surface area contributed by atoms with Crippen LogP contribution < -0.4 is 5.32 Å². The predicted octanol–water partition coefficient (Wildman–Crippen LogP) is 2.69. The zero-order valence-electron chi connectivity index (χ0n) is 12.2. The maximum absolute atomic E-state index is 5.55. The van der Waals surface area contributed by atoms with Gasteiger partial charge in [0.05, 0.1) is 18.9 Å². The lowest BCUT2D eigenvalue weighted by molar-refractivity contribution is 0.160. The Labute approximate surface area is 124 Å². The lowest BCUT2D eigenvalue weighted by Gasteiger charge is -2.13. The Balaban J connectivity index is 2.11. The van der Waals surface area contributed by atoms with E-state index in [1.54, 1.807) is 6.20 Å². The van der Waals surface area contributed by atoms with Gasteiger partial charge in [-0.2, -0.15) is 5.10 Å². The highest BCUT2D eigenvalue weighted by atomic mass is 35.5. The fraction of sp³-hybridized carbons (Fsp3) is 0.571. The maximum Gasteiger partial charge on any atom is 0.152 e. The maximum atomic E-state index is 5.55. The highest BCUT2D eigenvalue weighted by molar-refractivity contribution is 6.17. The number of nitrogens with zero attached hydrogens (tertiary/aromatic N) is 3. The molecule has 2 rings (SSSR count). The van der Waals surface area contributed by atoms with Gasteiger partial charge in [0.25, 0.3) is 0 Å². The minimum Gasteiger partial charge on any atom is -0.378 e. The standard InChI is InChI=1S/C14H21ClN4O/c1-14(2,3)12-10-11-13(16-5-7-19(11)18-12)17-6-9-20-8-4-15/h5,7,10H,4,6,8-9H2,1-3H3,(H,16,17). The van der Waals surface area contributed by atoms with Gasteiger partial charge in [-0.1, -0.05) is 20.8 Å². The molecule has 5 nitrogen and oxygen atoms in total. The van der Waals surface area contributed by atoms with Gasteiger partial charge in [0, 0.05) is 30.2 Å². The number of aromatic nitrogens is 3. The van der Waals surface area contributed by atoms with Gasteiger partial charge < -0.3 is 10.1 Å². The highest BCUT2D eigenvalue weighted by Gasteiger charge is 2.18. The summed E-state index contributed by atoms with van der Waals surface area (Å²) < 4.78 is 7.19. The Hall–Kier alpha value is -1.33. The van der Waals surface area contributed by atoms with Gasteiger partial charge in [-0.25, -0.2) is 9.50 Å². The summed E-state index contributed by atoms with van der Waals surface area (Å²) in [6.07, 6.45) is 3.61. The second-order valence-corrected chi connectivity index (χ2v) is 5.99. The molecule has 1 N–H and O–H groups in total. The van der Waals surface area contributed by atoms with Crippen LogP contribution in [0.5, 0.6) is 0 Å². The number of rotatable bonds is 6. The molecule has 20 heavy (non-hydrogen) atoms. The Morgan fingerprint density at radius 2 is 2.15 bits per heavy atom. The molecular formula is C14H21ClN4O. The number of halogens is 1. The number of fused-ring (bicyclic) bond motifs is 1. The molecule has 2 aromatic heterocycles. The van der Waals surface area contributed by atoms with E-state index in [9.17, 15) is 0 Å². The van der Waals surface area contributed by atoms with Crippen molar-refractivity contribution < 1.29 is 4.74 Å². The average Bonchev–Trinajstić information content (AvgIpc) is 2.83. The van der Waals surface area contributed by atoms with Crippen molar-refractivity contribution in [1.82, 2.24) is 14.6 Å². The molecule has 0 aromatic carbocycles.